The maximum absolute atomic E-state index is 11.9. The first kappa shape index (κ1) is 10.8. The van der Waals surface area contributed by atoms with E-state index in [-0.39, 0.29) is 5.78 Å². The van der Waals surface area contributed by atoms with E-state index in [2.05, 4.69) is 20.9 Å². The molecule has 0 amide bonds. The Balaban J connectivity index is 2.46. The lowest BCUT2D eigenvalue weighted by atomic mass is 10.1. The molecule has 1 aromatic rings. The number of carbonyl (C=O) groups is 1. The van der Waals surface area contributed by atoms with E-state index < -0.39 is 6.04 Å². The molecule has 1 aromatic heterocycles. The largest absolute Gasteiger partial charge is 0.325 e. The number of aromatic nitrogens is 2. The molecule has 1 unspecified atom stereocenters. The Kier molecular flexibility index (Phi) is 2.93. The van der Waals surface area contributed by atoms with Crippen molar-refractivity contribution in [3.8, 4) is 0 Å². The fourth-order valence-electron chi connectivity index (χ4n) is 1.90. The Morgan fingerprint density at radius 3 is 3.00 bits per heavy atom. The molecule has 0 bridgehead atoms. The Bertz CT molecular complexity index is 398. The van der Waals surface area contributed by atoms with Crippen molar-refractivity contribution in [3.63, 3.8) is 0 Å². The Morgan fingerprint density at radius 1 is 1.60 bits per heavy atom. The Labute approximate surface area is 97.0 Å². The zero-order valence-corrected chi connectivity index (χ0v) is 10.2. The minimum absolute atomic E-state index is 0.0393. The van der Waals surface area contributed by atoms with Gasteiger partial charge in [0.1, 0.15) is 16.1 Å². The summed E-state index contributed by atoms with van der Waals surface area (Å²) in [4.78, 5) is 16.2. The van der Waals surface area contributed by atoms with E-state index in [1.807, 2.05) is 4.57 Å². The molecule has 82 valence electrons. The summed E-state index contributed by atoms with van der Waals surface area (Å²) >= 11 is 3.34. The van der Waals surface area contributed by atoms with Crippen molar-refractivity contribution in [1.29, 1.82) is 0 Å². The average Bonchev–Trinajstić information content (AvgIpc) is 2.52. The van der Waals surface area contributed by atoms with Crippen molar-refractivity contribution in [2.24, 2.45) is 5.73 Å². The van der Waals surface area contributed by atoms with Gasteiger partial charge in [0, 0.05) is 13.0 Å². The molecule has 1 atom stereocenters. The number of hydrogen-bond acceptors (Lipinski definition) is 3. The molecule has 0 radical (unpaired) electrons. The molecule has 2 rings (SSSR count). The molecule has 0 spiro atoms. The van der Waals surface area contributed by atoms with Crippen LogP contribution in [-0.4, -0.2) is 21.4 Å². The van der Waals surface area contributed by atoms with Gasteiger partial charge in [0.15, 0.2) is 5.78 Å². The van der Waals surface area contributed by atoms with E-state index in [1.165, 1.54) is 0 Å². The second kappa shape index (κ2) is 4.06. The number of nitrogens with zero attached hydrogens (tertiary/aromatic N) is 2. The number of hydrogen-bond donors (Lipinski definition) is 1. The molecule has 0 saturated heterocycles. The van der Waals surface area contributed by atoms with Crippen molar-refractivity contribution in [2.75, 3.05) is 0 Å². The number of aryl methyl sites for hydroxylation is 1. The standard InChI is InChI=1S/C10H14BrN3O/c1-6(12)9(15)8-10(11)13-7-4-2-3-5-14(7)8/h6H,2-5,12H2,1H3. The predicted octanol–water partition coefficient (Wildman–Crippen LogP) is 1.51. The molecule has 2 heterocycles. The molecule has 1 aliphatic rings. The summed E-state index contributed by atoms with van der Waals surface area (Å²) in [6.45, 7) is 2.58. The summed E-state index contributed by atoms with van der Waals surface area (Å²) in [6, 6.07) is -0.468. The normalized spacial score (nSPS) is 17.3. The van der Waals surface area contributed by atoms with E-state index in [9.17, 15) is 4.79 Å². The van der Waals surface area contributed by atoms with E-state index in [0.29, 0.717) is 10.3 Å². The molecule has 1 aliphatic heterocycles. The first-order valence-corrected chi connectivity index (χ1v) is 5.95. The van der Waals surface area contributed by atoms with Gasteiger partial charge in [-0.25, -0.2) is 4.98 Å². The van der Waals surface area contributed by atoms with Crippen molar-refractivity contribution >= 4 is 21.7 Å². The Hall–Kier alpha value is -0.680. The summed E-state index contributed by atoms with van der Waals surface area (Å²) in [5, 5.41) is 0. The van der Waals surface area contributed by atoms with Crippen LogP contribution in [0.5, 0.6) is 0 Å². The summed E-state index contributed by atoms with van der Waals surface area (Å²) in [5.41, 5.74) is 6.26. The van der Waals surface area contributed by atoms with E-state index >= 15 is 0 Å². The highest BCUT2D eigenvalue weighted by Crippen LogP contribution is 2.24. The first-order chi connectivity index (χ1) is 7.11. The van der Waals surface area contributed by atoms with Gasteiger partial charge < -0.3 is 10.3 Å². The lowest BCUT2D eigenvalue weighted by Gasteiger charge is -2.16. The van der Waals surface area contributed by atoms with Gasteiger partial charge in [0.05, 0.1) is 6.04 Å². The quantitative estimate of drug-likeness (QED) is 0.830. The second-order valence-corrected chi connectivity index (χ2v) is 4.68. The molecular weight excluding hydrogens is 258 g/mol. The molecule has 0 aromatic carbocycles. The van der Waals surface area contributed by atoms with E-state index in [1.54, 1.807) is 6.92 Å². The van der Waals surface area contributed by atoms with Crippen LogP contribution in [0.4, 0.5) is 0 Å². The second-order valence-electron chi connectivity index (χ2n) is 3.93. The zero-order chi connectivity index (χ0) is 11.0. The lowest BCUT2D eigenvalue weighted by molar-refractivity contribution is 0.0957. The fraction of sp³-hybridized carbons (Fsp3) is 0.600. The van der Waals surface area contributed by atoms with Gasteiger partial charge in [0.2, 0.25) is 0 Å². The van der Waals surface area contributed by atoms with Crippen LogP contribution in [0.15, 0.2) is 4.60 Å². The minimum Gasteiger partial charge on any atom is -0.325 e. The van der Waals surface area contributed by atoms with Gasteiger partial charge in [-0.3, -0.25) is 4.79 Å². The van der Waals surface area contributed by atoms with Crippen LogP contribution in [0.3, 0.4) is 0 Å². The fourth-order valence-corrected chi connectivity index (χ4v) is 2.52. The van der Waals surface area contributed by atoms with E-state index in [0.717, 1.165) is 31.6 Å². The maximum atomic E-state index is 11.9. The van der Waals surface area contributed by atoms with Crippen molar-refractivity contribution in [1.82, 2.24) is 9.55 Å². The van der Waals surface area contributed by atoms with Gasteiger partial charge in [0.25, 0.3) is 0 Å². The maximum Gasteiger partial charge on any atom is 0.198 e. The molecule has 2 N–H and O–H groups in total. The monoisotopic (exact) mass is 271 g/mol. The molecule has 0 fully saturated rings. The van der Waals surface area contributed by atoms with Gasteiger partial charge in [-0.2, -0.15) is 0 Å². The topological polar surface area (TPSA) is 60.9 Å². The minimum atomic E-state index is -0.468. The molecule has 4 nitrogen and oxygen atoms in total. The predicted molar refractivity (Wildman–Crippen MR) is 60.8 cm³/mol. The third-order valence-corrected chi connectivity index (χ3v) is 3.24. The van der Waals surface area contributed by atoms with Gasteiger partial charge in [-0.1, -0.05) is 0 Å². The van der Waals surface area contributed by atoms with Crippen LogP contribution in [0.1, 0.15) is 36.1 Å². The SMILES string of the molecule is CC(N)C(=O)c1c(Br)nc2n1CCCC2. The van der Waals surface area contributed by atoms with Gasteiger partial charge >= 0.3 is 0 Å². The summed E-state index contributed by atoms with van der Waals surface area (Å²) < 4.78 is 2.64. The highest BCUT2D eigenvalue weighted by molar-refractivity contribution is 9.10. The van der Waals surface area contributed by atoms with Crippen LogP contribution >= 0.6 is 15.9 Å². The third kappa shape index (κ3) is 1.86. The number of Topliss-reactive ketones (excluding diaryl/α,β-unsaturated/α-hetero) is 1. The van der Waals surface area contributed by atoms with Crippen molar-refractivity contribution in [2.45, 2.75) is 38.8 Å². The first-order valence-electron chi connectivity index (χ1n) is 5.16. The average molecular weight is 272 g/mol. The number of imidazole rings is 1. The highest BCUT2D eigenvalue weighted by Gasteiger charge is 2.24. The number of halogens is 1. The molecular formula is C10H14BrN3O. The summed E-state index contributed by atoms with van der Waals surface area (Å²) in [7, 11) is 0. The highest BCUT2D eigenvalue weighted by atomic mass is 79.9. The van der Waals surface area contributed by atoms with E-state index in [4.69, 9.17) is 5.73 Å². The smallest absolute Gasteiger partial charge is 0.198 e. The van der Waals surface area contributed by atoms with Crippen molar-refractivity contribution in [3.05, 3.63) is 16.1 Å². The molecule has 5 heteroatoms. The van der Waals surface area contributed by atoms with Gasteiger partial charge in [-0.15, -0.1) is 0 Å². The van der Waals surface area contributed by atoms with Crippen LogP contribution in [-0.2, 0) is 13.0 Å². The lowest BCUT2D eigenvalue weighted by Crippen LogP contribution is -2.29. The van der Waals surface area contributed by atoms with Crippen LogP contribution < -0.4 is 5.73 Å². The number of ketones is 1. The third-order valence-electron chi connectivity index (χ3n) is 2.68. The summed E-state index contributed by atoms with van der Waals surface area (Å²) in [5.74, 6) is 0.958. The molecule has 0 aliphatic carbocycles. The van der Waals surface area contributed by atoms with Crippen LogP contribution in [0, 0.1) is 0 Å². The number of rotatable bonds is 2. The zero-order valence-electron chi connectivity index (χ0n) is 8.66. The summed E-state index contributed by atoms with van der Waals surface area (Å²) in [6.07, 6.45) is 3.20. The molecule has 15 heavy (non-hydrogen) atoms. The van der Waals surface area contributed by atoms with Crippen molar-refractivity contribution < 1.29 is 4.79 Å². The molecule has 0 saturated carbocycles. The van der Waals surface area contributed by atoms with Gasteiger partial charge in [-0.05, 0) is 35.7 Å². The number of nitrogens with two attached hydrogens (primary N) is 1. The van der Waals surface area contributed by atoms with Crippen LogP contribution in [0.2, 0.25) is 0 Å². The number of carbonyl (C=O) groups excluding carboxylic acids is 1. The number of fused-ring (bicyclic) bond motifs is 1. The van der Waals surface area contributed by atoms with Crippen LogP contribution in [0.25, 0.3) is 0 Å². The Morgan fingerprint density at radius 2 is 2.33 bits per heavy atom.